The lowest BCUT2D eigenvalue weighted by Crippen LogP contribution is -2.30. The normalized spacial score (nSPS) is 12.5. The molecule has 0 aliphatic carbocycles. The maximum absolute atomic E-state index is 10.6. The summed E-state index contributed by atoms with van der Waals surface area (Å²) in [5.74, 6) is 0.740. The first-order valence-corrected chi connectivity index (χ1v) is 6.11. The van der Waals surface area contributed by atoms with Gasteiger partial charge < -0.3 is 10.6 Å². The predicted molar refractivity (Wildman–Crippen MR) is 55.1 cm³/mol. The van der Waals surface area contributed by atoms with Gasteiger partial charge in [-0.2, -0.15) is 0 Å². The third-order valence-corrected chi connectivity index (χ3v) is 2.32. The molecular formula is C8H18N2O2S. The molecule has 0 aromatic carbocycles. The fourth-order valence-electron chi connectivity index (χ4n) is 0.852. The first-order chi connectivity index (χ1) is 6.13. The Hall–Kier alpha value is -0.420. The third kappa shape index (κ3) is 11.6. The molecule has 0 aliphatic rings. The molecular weight excluding hydrogens is 188 g/mol. The van der Waals surface area contributed by atoms with Gasteiger partial charge in [-0.25, -0.2) is 0 Å². The maximum atomic E-state index is 10.6. The van der Waals surface area contributed by atoms with E-state index in [4.69, 9.17) is 0 Å². The summed E-state index contributed by atoms with van der Waals surface area (Å²) in [7, 11) is -0.690. The summed E-state index contributed by atoms with van der Waals surface area (Å²) >= 11 is 0. The molecule has 0 bridgehead atoms. The zero-order chi connectivity index (χ0) is 10.1. The average molecular weight is 206 g/mol. The van der Waals surface area contributed by atoms with Gasteiger partial charge in [0.25, 0.3) is 0 Å². The zero-order valence-electron chi connectivity index (χ0n) is 8.26. The molecule has 0 aromatic rings. The van der Waals surface area contributed by atoms with Crippen LogP contribution in [0.2, 0.25) is 0 Å². The summed E-state index contributed by atoms with van der Waals surface area (Å²) in [6, 6.07) is 0. The van der Waals surface area contributed by atoms with Gasteiger partial charge in [-0.15, -0.1) is 0 Å². The van der Waals surface area contributed by atoms with E-state index in [9.17, 15) is 9.00 Å². The minimum atomic E-state index is -0.690. The average Bonchev–Trinajstić information content (AvgIpc) is 2.01. The number of amides is 1. The van der Waals surface area contributed by atoms with Crippen molar-refractivity contribution in [3.8, 4) is 0 Å². The topological polar surface area (TPSA) is 58.2 Å². The van der Waals surface area contributed by atoms with E-state index >= 15 is 0 Å². The van der Waals surface area contributed by atoms with Crippen LogP contribution in [0.1, 0.15) is 13.3 Å². The van der Waals surface area contributed by atoms with Crippen LogP contribution in [0.4, 0.5) is 0 Å². The molecule has 0 heterocycles. The Kier molecular flexibility index (Phi) is 7.93. The highest BCUT2D eigenvalue weighted by Gasteiger charge is 1.92. The van der Waals surface area contributed by atoms with Crippen LogP contribution in [0.5, 0.6) is 0 Å². The van der Waals surface area contributed by atoms with Gasteiger partial charge in [-0.05, 0) is 13.0 Å². The van der Waals surface area contributed by atoms with E-state index in [0.29, 0.717) is 6.54 Å². The van der Waals surface area contributed by atoms with E-state index in [1.54, 1.807) is 6.26 Å². The third-order valence-electron chi connectivity index (χ3n) is 1.46. The Bertz CT molecular complexity index is 156. The number of rotatable bonds is 7. The molecule has 1 amide bonds. The lowest BCUT2D eigenvalue weighted by atomic mass is 10.4. The van der Waals surface area contributed by atoms with E-state index in [1.165, 1.54) is 6.92 Å². The highest BCUT2D eigenvalue weighted by Crippen LogP contribution is 1.80. The van der Waals surface area contributed by atoms with E-state index < -0.39 is 10.8 Å². The summed E-state index contributed by atoms with van der Waals surface area (Å²) in [6.45, 7) is 3.79. The lowest BCUT2D eigenvalue weighted by Gasteiger charge is -2.03. The second kappa shape index (κ2) is 8.19. The second-order valence-electron chi connectivity index (χ2n) is 2.86. The first-order valence-electron chi connectivity index (χ1n) is 4.38. The molecule has 13 heavy (non-hydrogen) atoms. The highest BCUT2D eigenvalue weighted by atomic mass is 32.2. The molecule has 5 heteroatoms. The zero-order valence-corrected chi connectivity index (χ0v) is 9.08. The fraction of sp³-hybridized carbons (Fsp3) is 0.875. The Morgan fingerprint density at radius 2 is 2.00 bits per heavy atom. The van der Waals surface area contributed by atoms with Crippen LogP contribution in [0.15, 0.2) is 0 Å². The monoisotopic (exact) mass is 206 g/mol. The van der Waals surface area contributed by atoms with Gasteiger partial charge in [0, 0.05) is 42.8 Å². The second-order valence-corrected chi connectivity index (χ2v) is 4.42. The molecule has 0 aliphatic heterocycles. The van der Waals surface area contributed by atoms with Crippen LogP contribution in [-0.2, 0) is 15.6 Å². The van der Waals surface area contributed by atoms with Crippen molar-refractivity contribution < 1.29 is 9.00 Å². The van der Waals surface area contributed by atoms with Gasteiger partial charge in [0.05, 0.1) is 0 Å². The SMILES string of the molecule is CC(=O)NCCNCCCS(C)=O. The number of nitrogens with one attached hydrogen (secondary N) is 2. The smallest absolute Gasteiger partial charge is 0.216 e. The molecule has 1 atom stereocenters. The summed E-state index contributed by atoms with van der Waals surface area (Å²) in [4.78, 5) is 10.4. The predicted octanol–water partition coefficient (Wildman–Crippen LogP) is -0.519. The molecule has 1 unspecified atom stereocenters. The van der Waals surface area contributed by atoms with Gasteiger partial charge in [0.2, 0.25) is 5.91 Å². The Labute approximate surface area is 81.9 Å². The first kappa shape index (κ1) is 12.6. The Morgan fingerprint density at radius 3 is 2.54 bits per heavy atom. The van der Waals surface area contributed by atoms with Gasteiger partial charge in [-0.1, -0.05) is 0 Å². The van der Waals surface area contributed by atoms with Crippen molar-refractivity contribution in [3.63, 3.8) is 0 Å². The number of hydrogen-bond acceptors (Lipinski definition) is 3. The Balaban J connectivity index is 3.00. The van der Waals surface area contributed by atoms with Crippen LogP contribution >= 0.6 is 0 Å². The number of hydrogen-bond donors (Lipinski definition) is 2. The van der Waals surface area contributed by atoms with Gasteiger partial charge in [-0.3, -0.25) is 9.00 Å². The minimum absolute atomic E-state index is 0.00328. The summed E-state index contributed by atoms with van der Waals surface area (Å²) in [5.41, 5.74) is 0. The molecule has 0 saturated carbocycles. The minimum Gasteiger partial charge on any atom is -0.355 e. The molecule has 0 fully saturated rings. The fourth-order valence-corrected chi connectivity index (χ4v) is 1.40. The van der Waals surface area contributed by atoms with Crippen molar-refractivity contribution >= 4 is 16.7 Å². The van der Waals surface area contributed by atoms with Crippen molar-refractivity contribution in [3.05, 3.63) is 0 Å². The lowest BCUT2D eigenvalue weighted by molar-refractivity contribution is -0.118. The van der Waals surface area contributed by atoms with Gasteiger partial charge >= 0.3 is 0 Å². The van der Waals surface area contributed by atoms with Gasteiger partial charge in [0.15, 0.2) is 0 Å². The van der Waals surface area contributed by atoms with Crippen molar-refractivity contribution in [2.75, 3.05) is 31.6 Å². The largest absolute Gasteiger partial charge is 0.355 e. The van der Waals surface area contributed by atoms with Crippen LogP contribution < -0.4 is 10.6 Å². The van der Waals surface area contributed by atoms with Crippen molar-refractivity contribution in [2.45, 2.75) is 13.3 Å². The van der Waals surface area contributed by atoms with Crippen molar-refractivity contribution in [2.24, 2.45) is 0 Å². The molecule has 0 rings (SSSR count). The van der Waals surface area contributed by atoms with Crippen LogP contribution in [0, 0.1) is 0 Å². The molecule has 78 valence electrons. The van der Waals surface area contributed by atoms with Gasteiger partial charge in [0.1, 0.15) is 0 Å². The van der Waals surface area contributed by atoms with E-state index in [-0.39, 0.29) is 5.91 Å². The number of carbonyl (C=O) groups excluding carboxylic acids is 1. The summed E-state index contributed by atoms with van der Waals surface area (Å²) < 4.78 is 10.6. The van der Waals surface area contributed by atoms with Crippen LogP contribution in [0.3, 0.4) is 0 Å². The summed E-state index contributed by atoms with van der Waals surface area (Å²) in [5, 5.41) is 5.83. The molecule has 4 nitrogen and oxygen atoms in total. The number of carbonyl (C=O) groups is 1. The van der Waals surface area contributed by atoms with E-state index in [2.05, 4.69) is 10.6 Å². The van der Waals surface area contributed by atoms with Crippen molar-refractivity contribution in [1.29, 1.82) is 0 Å². The Morgan fingerprint density at radius 1 is 1.31 bits per heavy atom. The molecule has 0 aromatic heterocycles. The quantitative estimate of drug-likeness (QED) is 0.551. The molecule has 0 spiro atoms. The molecule has 2 N–H and O–H groups in total. The molecule has 0 radical (unpaired) electrons. The maximum Gasteiger partial charge on any atom is 0.216 e. The van der Waals surface area contributed by atoms with Crippen molar-refractivity contribution in [1.82, 2.24) is 10.6 Å². The van der Waals surface area contributed by atoms with Crippen LogP contribution in [0.25, 0.3) is 0 Å². The van der Waals surface area contributed by atoms with E-state index in [0.717, 1.165) is 25.3 Å². The highest BCUT2D eigenvalue weighted by molar-refractivity contribution is 7.84. The molecule has 0 saturated heterocycles. The van der Waals surface area contributed by atoms with E-state index in [1.807, 2.05) is 0 Å². The standard InChI is InChI=1S/C8H18N2O2S/c1-8(11)10-6-5-9-4-3-7-13(2)12/h9H,3-7H2,1-2H3,(H,10,11). The summed E-state index contributed by atoms with van der Waals surface area (Å²) in [6.07, 6.45) is 2.63. The van der Waals surface area contributed by atoms with Crippen LogP contribution in [-0.4, -0.2) is 41.8 Å².